The van der Waals surface area contributed by atoms with E-state index in [1.807, 2.05) is 12.4 Å². The highest BCUT2D eigenvalue weighted by atomic mass is 32.1. The van der Waals surface area contributed by atoms with Crippen LogP contribution in [0.1, 0.15) is 52.7 Å². The first-order valence-electron chi connectivity index (χ1n) is 9.58. The third-order valence-corrected chi connectivity index (χ3v) is 6.72. The van der Waals surface area contributed by atoms with E-state index in [1.54, 1.807) is 22.7 Å². The molecule has 0 aliphatic carbocycles. The van der Waals surface area contributed by atoms with Crippen LogP contribution >= 0.6 is 22.7 Å². The van der Waals surface area contributed by atoms with Crippen molar-refractivity contribution in [2.75, 3.05) is 0 Å². The van der Waals surface area contributed by atoms with E-state index in [0.717, 1.165) is 10.0 Å². The smallest absolute Gasteiger partial charge is 0.124 e. The monoisotopic (exact) mass is 406 g/mol. The van der Waals surface area contributed by atoms with Gasteiger partial charge in [0.05, 0.1) is 0 Å². The molecule has 0 aliphatic rings. The van der Waals surface area contributed by atoms with Crippen molar-refractivity contribution < 1.29 is 0 Å². The SMILES string of the molecule is CC(C)(C)c1ccc2c(-c3nccs3)c(C(C)(C)C)cc(-c3nccs3)c2c1. The van der Waals surface area contributed by atoms with Crippen molar-refractivity contribution in [3.63, 3.8) is 0 Å². The number of benzene rings is 2. The highest BCUT2D eigenvalue weighted by Crippen LogP contribution is 2.44. The van der Waals surface area contributed by atoms with Crippen molar-refractivity contribution in [2.45, 2.75) is 52.4 Å². The lowest BCUT2D eigenvalue weighted by Gasteiger charge is -2.26. The highest BCUT2D eigenvalue weighted by molar-refractivity contribution is 7.13. The fraction of sp³-hybridized carbons (Fsp3) is 0.333. The third kappa shape index (κ3) is 3.40. The van der Waals surface area contributed by atoms with Gasteiger partial charge in [-0.3, -0.25) is 0 Å². The minimum Gasteiger partial charge on any atom is -0.245 e. The first-order valence-corrected chi connectivity index (χ1v) is 11.3. The second kappa shape index (κ2) is 6.78. The van der Waals surface area contributed by atoms with E-state index < -0.39 is 0 Å². The quantitative estimate of drug-likeness (QED) is 0.341. The molecule has 0 bridgehead atoms. The van der Waals surface area contributed by atoms with Crippen LogP contribution < -0.4 is 0 Å². The van der Waals surface area contributed by atoms with Gasteiger partial charge in [-0.25, -0.2) is 9.97 Å². The molecule has 2 heterocycles. The second-order valence-corrected chi connectivity index (χ2v) is 11.1. The number of hydrogen-bond acceptors (Lipinski definition) is 4. The molecule has 0 amide bonds. The van der Waals surface area contributed by atoms with E-state index in [4.69, 9.17) is 0 Å². The number of fused-ring (bicyclic) bond motifs is 1. The Morgan fingerprint density at radius 2 is 1.36 bits per heavy atom. The number of aromatic nitrogens is 2. The Kier molecular flexibility index (Phi) is 4.67. The zero-order valence-electron chi connectivity index (χ0n) is 17.3. The molecule has 4 aromatic rings. The average Bonchev–Trinajstić information content (AvgIpc) is 3.32. The van der Waals surface area contributed by atoms with Gasteiger partial charge in [-0.1, -0.05) is 53.7 Å². The summed E-state index contributed by atoms with van der Waals surface area (Å²) in [5.41, 5.74) is 5.25. The lowest BCUT2D eigenvalue weighted by Crippen LogP contribution is -2.14. The Labute approximate surface area is 175 Å². The van der Waals surface area contributed by atoms with Crippen molar-refractivity contribution >= 4 is 33.4 Å². The van der Waals surface area contributed by atoms with Gasteiger partial charge in [0.2, 0.25) is 0 Å². The Balaban J connectivity index is 2.17. The van der Waals surface area contributed by atoms with Crippen LogP contribution in [-0.2, 0) is 10.8 Å². The van der Waals surface area contributed by atoms with Gasteiger partial charge in [0, 0.05) is 34.3 Å². The van der Waals surface area contributed by atoms with Crippen molar-refractivity contribution in [3.05, 3.63) is 58.5 Å². The Hall–Kier alpha value is -2.04. The molecule has 144 valence electrons. The van der Waals surface area contributed by atoms with Gasteiger partial charge in [-0.05, 0) is 44.9 Å². The van der Waals surface area contributed by atoms with Gasteiger partial charge in [-0.15, -0.1) is 22.7 Å². The largest absolute Gasteiger partial charge is 0.245 e. The summed E-state index contributed by atoms with van der Waals surface area (Å²) < 4.78 is 0. The summed E-state index contributed by atoms with van der Waals surface area (Å²) in [6.45, 7) is 13.6. The molecule has 4 rings (SSSR count). The summed E-state index contributed by atoms with van der Waals surface area (Å²) in [6.07, 6.45) is 3.79. The van der Waals surface area contributed by atoms with E-state index in [-0.39, 0.29) is 10.8 Å². The maximum atomic E-state index is 4.68. The molecular formula is C24H26N2S2. The molecule has 2 aromatic carbocycles. The van der Waals surface area contributed by atoms with Gasteiger partial charge in [0.1, 0.15) is 10.0 Å². The molecule has 4 heteroatoms. The first-order chi connectivity index (χ1) is 13.2. The molecule has 2 nitrogen and oxygen atoms in total. The topological polar surface area (TPSA) is 25.8 Å². The van der Waals surface area contributed by atoms with E-state index in [2.05, 4.69) is 86.5 Å². The lowest BCUT2D eigenvalue weighted by molar-refractivity contribution is 0.590. The van der Waals surface area contributed by atoms with Gasteiger partial charge < -0.3 is 0 Å². The van der Waals surface area contributed by atoms with Crippen LogP contribution in [0.2, 0.25) is 0 Å². The van der Waals surface area contributed by atoms with Gasteiger partial charge >= 0.3 is 0 Å². The third-order valence-electron chi connectivity index (χ3n) is 5.12. The molecule has 2 aromatic heterocycles. The summed E-state index contributed by atoms with van der Waals surface area (Å²) >= 11 is 3.41. The molecule has 0 radical (unpaired) electrons. The van der Waals surface area contributed by atoms with Crippen molar-refractivity contribution in [1.82, 2.24) is 9.97 Å². The Morgan fingerprint density at radius 3 is 1.89 bits per heavy atom. The van der Waals surface area contributed by atoms with Crippen molar-refractivity contribution in [1.29, 1.82) is 0 Å². The molecule has 0 spiro atoms. The average molecular weight is 407 g/mol. The fourth-order valence-corrected chi connectivity index (χ4v) is 4.97. The Bertz CT molecular complexity index is 1110. The van der Waals surface area contributed by atoms with Crippen LogP contribution in [0.15, 0.2) is 47.4 Å². The molecule has 0 aliphatic heterocycles. The number of thiazole rings is 2. The van der Waals surface area contributed by atoms with E-state index in [1.165, 1.54) is 33.0 Å². The lowest BCUT2D eigenvalue weighted by atomic mass is 9.79. The van der Waals surface area contributed by atoms with Crippen LogP contribution in [0.4, 0.5) is 0 Å². The standard InChI is InChI=1S/C24H26N2S2/c1-23(2,3)15-7-8-16-17(13-15)18(21-25-9-11-27-21)14-19(24(4,5)6)20(16)22-26-10-12-28-22/h7-14H,1-6H3. The fourth-order valence-electron chi connectivity index (χ4n) is 3.59. The van der Waals surface area contributed by atoms with E-state index in [9.17, 15) is 0 Å². The van der Waals surface area contributed by atoms with Gasteiger partial charge in [-0.2, -0.15) is 0 Å². The molecule has 0 saturated carbocycles. The molecular weight excluding hydrogens is 380 g/mol. The minimum absolute atomic E-state index is 0.00387. The van der Waals surface area contributed by atoms with E-state index in [0.29, 0.717) is 0 Å². The number of nitrogens with zero attached hydrogens (tertiary/aromatic N) is 2. The summed E-state index contributed by atoms with van der Waals surface area (Å²) in [7, 11) is 0. The molecule has 28 heavy (non-hydrogen) atoms. The predicted molar refractivity (Wildman–Crippen MR) is 124 cm³/mol. The predicted octanol–water partition coefficient (Wildman–Crippen LogP) is 7.68. The van der Waals surface area contributed by atoms with E-state index >= 15 is 0 Å². The van der Waals surface area contributed by atoms with Crippen molar-refractivity contribution in [2.24, 2.45) is 0 Å². The van der Waals surface area contributed by atoms with Crippen LogP contribution in [-0.4, -0.2) is 9.97 Å². The zero-order valence-corrected chi connectivity index (χ0v) is 19.0. The van der Waals surface area contributed by atoms with Gasteiger partial charge in [0.15, 0.2) is 0 Å². The molecule has 0 N–H and O–H groups in total. The van der Waals surface area contributed by atoms with Crippen molar-refractivity contribution in [3.8, 4) is 21.1 Å². The summed E-state index contributed by atoms with van der Waals surface area (Å²) in [4.78, 5) is 9.33. The highest BCUT2D eigenvalue weighted by Gasteiger charge is 2.26. The number of rotatable bonds is 2. The maximum Gasteiger partial charge on any atom is 0.124 e. The van der Waals surface area contributed by atoms with Crippen LogP contribution in [0.5, 0.6) is 0 Å². The van der Waals surface area contributed by atoms with Crippen LogP contribution in [0, 0.1) is 0 Å². The normalized spacial score (nSPS) is 12.6. The Morgan fingerprint density at radius 1 is 0.714 bits per heavy atom. The van der Waals surface area contributed by atoms with Crippen LogP contribution in [0.25, 0.3) is 31.9 Å². The maximum absolute atomic E-state index is 4.68. The number of hydrogen-bond donors (Lipinski definition) is 0. The summed E-state index contributed by atoms with van der Waals surface area (Å²) in [6, 6.07) is 9.27. The molecule has 0 saturated heterocycles. The molecule has 0 unspecified atom stereocenters. The van der Waals surface area contributed by atoms with Crippen LogP contribution in [0.3, 0.4) is 0 Å². The molecule has 0 atom stereocenters. The zero-order chi connectivity index (χ0) is 20.1. The van der Waals surface area contributed by atoms with Gasteiger partial charge in [0.25, 0.3) is 0 Å². The summed E-state index contributed by atoms with van der Waals surface area (Å²) in [5.74, 6) is 0. The summed E-state index contributed by atoms with van der Waals surface area (Å²) in [5, 5.41) is 8.81. The molecule has 0 fully saturated rings. The minimum atomic E-state index is 0.00387. The second-order valence-electron chi connectivity index (χ2n) is 9.28. The first kappa shape index (κ1) is 19.3.